The van der Waals surface area contributed by atoms with Crippen LogP contribution in [-0.4, -0.2) is 50.4 Å². The average molecular weight is 441 g/mol. The van der Waals surface area contributed by atoms with Gasteiger partial charge in [-0.15, -0.1) is 10.2 Å². The van der Waals surface area contributed by atoms with Gasteiger partial charge in [-0.25, -0.2) is 18.4 Å². The summed E-state index contributed by atoms with van der Waals surface area (Å²) >= 11 is 0. The van der Waals surface area contributed by atoms with Crippen LogP contribution in [0.1, 0.15) is 50.9 Å². The van der Waals surface area contributed by atoms with E-state index >= 15 is 0 Å². The maximum Gasteiger partial charge on any atom is 0.229 e. The molecule has 0 spiro atoms. The third kappa shape index (κ3) is 3.52. The lowest BCUT2D eigenvalue weighted by molar-refractivity contribution is 0.469. The predicted molar refractivity (Wildman–Crippen MR) is 116 cm³/mol. The van der Waals surface area contributed by atoms with Crippen molar-refractivity contribution in [3.05, 3.63) is 36.8 Å². The van der Waals surface area contributed by atoms with E-state index in [1.54, 1.807) is 24.8 Å². The molecule has 162 valence electrons. The van der Waals surface area contributed by atoms with Gasteiger partial charge in [0.1, 0.15) is 12.0 Å². The van der Waals surface area contributed by atoms with Crippen molar-refractivity contribution in [3.8, 4) is 17.1 Å². The standard InChI is InChI=1S/C20H24N8O2S/c1-3-16-20-25-23-12-27(20)17-11-22-18(24-19(17)28(16)13-6-4-5-7-13)14-8-9-21-10-15(14)26-31(2,29)30/h8-13,16,26H,3-7H2,1-2H3/t16-/m1/s1. The molecule has 1 atom stereocenters. The van der Waals surface area contributed by atoms with Gasteiger partial charge in [-0.3, -0.25) is 14.3 Å². The second-order valence-electron chi connectivity index (χ2n) is 8.03. The highest BCUT2D eigenvalue weighted by molar-refractivity contribution is 7.92. The summed E-state index contributed by atoms with van der Waals surface area (Å²) in [6.07, 6.45) is 13.2. The Morgan fingerprint density at radius 2 is 2.03 bits per heavy atom. The smallest absolute Gasteiger partial charge is 0.229 e. The lowest BCUT2D eigenvalue weighted by Crippen LogP contribution is -2.42. The number of pyridine rings is 1. The average Bonchev–Trinajstić information content (AvgIpc) is 3.43. The molecule has 0 radical (unpaired) electrons. The van der Waals surface area contributed by atoms with Crippen LogP contribution >= 0.6 is 0 Å². The number of anilines is 2. The Kier molecular flexibility index (Phi) is 4.84. The SMILES string of the molecule is CC[C@@H]1c2nncn2-c2cnc(-c3ccncc3NS(C)(=O)=O)nc2N1C1CCCC1. The largest absolute Gasteiger partial charge is 0.342 e. The van der Waals surface area contributed by atoms with Crippen LogP contribution in [0.25, 0.3) is 17.1 Å². The van der Waals surface area contributed by atoms with Crippen LogP contribution in [0.5, 0.6) is 0 Å². The van der Waals surface area contributed by atoms with Gasteiger partial charge in [0.25, 0.3) is 0 Å². The molecule has 11 heteroatoms. The maximum atomic E-state index is 11.8. The zero-order chi connectivity index (χ0) is 21.6. The molecule has 1 saturated carbocycles. The summed E-state index contributed by atoms with van der Waals surface area (Å²) in [4.78, 5) is 16.0. The molecule has 3 aromatic rings. The van der Waals surface area contributed by atoms with Crippen LogP contribution in [0.2, 0.25) is 0 Å². The van der Waals surface area contributed by atoms with Crippen molar-refractivity contribution in [2.24, 2.45) is 0 Å². The van der Waals surface area contributed by atoms with Crippen molar-refractivity contribution in [2.45, 2.75) is 51.1 Å². The first-order valence-corrected chi connectivity index (χ1v) is 12.3. The summed E-state index contributed by atoms with van der Waals surface area (Å²) in [6.45, 7) is 2.15. The molecule has 10 nitrogen and oxygen atoms in total. The molecule has 0 saturated heterocycles. The summed E-state index contributed by atoms with van der Waals surface area (Å²) in [5, 5.41) is 8.54. The van der Waals surface area contributed by atoms with Crippen LogP contribution in [-0.2, 0) is 10.0 Å². The van der Waals surface area contributed by atoms with E-state index in [1.165, 1.54) is 19.0 Å². The molecule has 31 heavy (non-hydrogen) atoms. The van der Waals surface area contributed by atoms with Crippen molar-refractivity contribution < 1.29 is 8.42 Å². The Balaban J connectivity index is 1.67. The Bertz CT molecular complexity index is 1220. The van der Waals surface area contributed by atoms with Gasteiger partial charge in [-0.05, 0) is 25.3 Å². The molecular weight excluding hydrogens is 416 g/mol. The number of sulfonamides is 1. The maximum absolute atomic E-state index is 11.8. The fraction of sp³-hybridized carbons (Fsp3) is 0.450. The molecule has 1 aliphatic heterocycles. The lowest BCUT2D eigenvalue weighted by Gasteiger charge is -2.40. The van der Waals surface area contributed by atoms with Crippen LogP contribution < -0.4 is 9.62 Å². The summed E-state index contributed by atoms with van der Waals surface area (Å²) in [7, 11) is -3.47. The Morgan fingerprint density at radius 1 is 1.23 bits per heavy atom. The fourth-order valence-corrected chi connectivity index (χ4v) is 5.21. The Morgan fingerprint density at radius 3 is 2.77 bits per heavy atom. The zero-order valence-corrected chi connectivity index (χ0v) is 18.2. The molecule has 5 rings (SSSR count). The molecular formula is C20H24N8O2S. The van der Waals surface area contributed by atoms with E-state index in [2.05, 4.69) is 36.7 Å². The molecule has 4 heterocycles. The zero-order valence-electron chi connectivity index (χ0n) is 17.4. The van der Waals surface area contributed by atoms with Gasteiger partial charge in [0.2, 0.25) is 10.0 Å². The fourth-order valence-electron chi connectivity index (χ4n) is 4.64. The van der Waals surface area contributed by atoms with Crippen molar-refractivity contribution in [1.29, 1.82) is 0 Å². The van der Waals surface area contributed by atoms with Crippen LogP contribution in [0, 0.1) is 0 Å². The van der Waals surface area contributed by atoms with Gasteiger partial charge in [0.15, 0.2) is 17.5 Å². The Labute approximate surface area is 180 Å². The number of fused-ring (bicyclic) bond motifs is 3. The van der Waals surface area contributed by atoms with Crippen molar-refractivity contribution in [3.63, 3.8) is 0 Å². The first-order valence-electron chi connectivity index (χ1n) is 10.4. The number of aromatic nitrogens is 6. The highest BCUT2D eigenvalue weighted by atomic mass is 32.2. The molecule has 0 amide bonds. The monoisotopic (exact) mass is 440 g/mol. The third-order valence-electron chi connectivity index (χ3n) is 5.92. The topological polar surface area (TPSA) is 119 Å². The minimum Gasteiger partial charge on any atom is -0.342 e. The molecule has 2 aliphatic rings. The predicted octanol–water partition coefficient (Wildman–Crippen LogP) is 2.70. The highest BCUT2D eigenvalue weighted by Crippen LogP contribution is 2.43. The normalized spacial score (nSPS) is 18.6. The minimum atomic E-state index is -3.47. The molecule has 1 N–H and O–H groups in total. The van der Waals surface area contributed by atoms with E-state index in [0.717, 1.165) is 42.8 Å². The quantitative estimate of drug-likeness (QED) is 0.643. The van der Waals surface area contributed by atoms with Gasteiger partial charge >= 0.3 is 0 Å². The minimum absolute atomic E-state index is 0.0758. The van der Waals surface area contributed by atoms with E-state index in [4.69, 9.17) is 4.98 Å². The van der Waals surface area contributed by atoms with E-state index in [0.29, 0.717) is 23.1 Å². The molecule has 1 aliphatic carbocycles. The third-order valence-corrected chi connectivity index (χ3v) is 6.51. The van der Waals surface area contributed by atoms with E-state index < -0.39 is 10.0 Å². The molecule has 1 fully saturated rings. The number of nitrogens with one attached hydrogen (secondary N) is 1. The second kappa shape index (κ2) is 7.56. The summed E-state index contributed by atoms with van der Waals surface area (Å²) in [6, 6.07) is 2.18. The van der Waals surface area contributed by atoms with Crippen LogP contribution in [0.15, 0.2) is 31.0 Å². The van der Waals surface area contributed by atoms with Gasteiger partial charge in [0.05, 0.1) is 30.4 Å². The number of hydrogen-bond donors (Lipinski definition) is 1. The number of hydrogen-bond acceptors (Lipinski definition) is 8. The summed E-state index contributed by atoms with van der Waals surface area (Å²) < 4.78 is 28.1. The van der Waals surface area contributed by atoms with Crippen molar-refractivity contribution in [1.82, 2.24) is 29.7 Å². The van der Waals surface area contributed by atoms with E-state index in [9.17, 15) is 8.42 Å². The number of rotatable bonds is 5. The number of nitrogens with zero attached hydrogens (tertiary/aromatic N) is 7. The molecule has 3 aromatic heterocycles. The molecule has 0 bridgehead atoms. The summed E-state index contributed by atoms with van der Waals surface area (Å²) in [5.41, 5.74) is 1.77. The Hall–Kier alpha value is -3.08. The summed E-state index contributed by atoms with van der Waals surface area (Å²) in [5.74, 6) is 2.18. The molecule has 0 aromatic carbocycles. The van der Waals surface area contributed by atoms with E-state index in [1.807, 2.05) is 4.57 Å². The van der Waals surface area contributed by atoms with Gasteiger partial charge in [-0.1, -0.05) is 19.8 Å². The lowest BCUT2D eigenvalue weighted by atomic mass is 10.0. The van der Waals surface area contributed by atoms with Gasteiger partial charge < -0.3 is 4.90 Å². The molecule has 0 unspecified atom stereocenters. The van der Waals surface area contributed by atoms with E-state index in [-0.39, 0.29) is 6.04 Å². The highest BCUT2D eigenvalue weighted by Gasteiger charge is 2.38. The second-order valence-corrected chi connectivity index (χ2v) is 9.78. The first-order chi connectivity index (χ1) is 15.0. The first kappa shape index (κ1) is 19.9. The van der Waals surface area contributed by atoms with Gasteiger partial charge in [-0.2, -0.15) is 0 Å². The van der Waals surface area contributed by atoms with Crippen molar-refractivity contribution in [2.75, 3.05) is 15.9 Å². The van der Waals surface area contributed by atoms with Crippen molar-refractivity contribution >= 4 is 21.5 Å². The van der Waals surface area contributed by atoms with Crippen LogP contribution in [0.3, 0.4) is 0 Å². The van der Waals surface area contributed by atoms with Crippen LogP contribution in [0.4, 0.5) is 11.5 Å². The van der Waals surface area contributed by atoms with Gasteiger partial charge in [0, 0.05) is 17.8 Å².